The fourth-order valence-electron chi connectivity index (χ4n) is 2.97. The lowest BCUT2D eigenvalue weighted by atomic mass is 10.1. The Morgan fingerprint density at radius 3 is 2.72 bits per heavy atom. The van der Waals surface area contributed by atoms with Crippen molar-refractivity contribution in [3.63, 3.8) is 0 Å². The molecule has 0 bridgehead atoms. The maximum atomic E-state index is 12.2. The summed E-state index contributed by atoms with van der Waals surface area (Å²) in [7, 11) is 1.51. The summed E-state index contributed by atoms with van der Waals surface area (Å²) in [6.07, 6.45) is -0.109. The number of nitro benzene ring substituents is 1. The van der Waals surface area contributed by atoms with Crippen LogP contribution in [-0.2, 0) is 4.74 Å². The van der Waals surface area contributed by atoms with Gasteiger partial charge in [-0.15, -0.1) is 0 Å². The number of carbonyl (C=O) groups excluding carboxylic acids is 1. The van der Waals surface area contributed by atoms with Gasteiger partial charge in [0, 0.05) is 32.3 Å². The molecule has 130 valence electrons. The van der Waals surface area contributed by atoms with Crippen LogP contribution in [0.15, 0.2) is 48.5 Å². The minimum atomic E-state index is -0.498. The molecule has 1 N–H and O–H groups in total. The number of carbonyl (C=O) groups is 1. The van der Waals surface area contributed by atoms with Crippen molar-refractivity contribution >= 4 is 17.3 Å². The summed E-state index contributed by atoms with van der Waals surface area (Å²) >= 11 is 0. The highest BCUT2D eigenvalue weighted by molar-refractivity contribution is 6.00. The predicted octanol–water partition coefficient (Wildman–Crippen LogP) is 2.53. The minimum absolute atomic E-state index is 0.102. The van der Waals surface area contributed by atoms with E-state index >= 15 is 0 Å². The standard InChI is InChI=1S/C18H19N3O4/c1-19-18(22)15-11-14(21(23)24)7-8-16(15)20-9-10-25-17(12-20)13-5-3-2-4-6-13/h2-8,11,17H,9-10,12H2,1H3,(H,19,22). The van der Waals surface area contributed by atoms with Crippen LogP contribution in [-0.4, -0.2) is 37.6 Å². The maximum Gasteiger partial charge on any atom is 0.270 e. The molecule has 2 aromatic rings. The first-order chi connectivity index (χ1) is 12.1. The number of ether oxygens (including phenoxy) is 1. The van der Waals surface area contributed by atoms with Gasteiger partial charge >= 0.3 is 0 Å². The second kappa shape index (κ2) is 7.31. The number of nitrogens with zero attached hydrogens (tertiary/aromatic N) is 2. The van der Waals surface area contributed by atoms with E-state index in [1.165, 1.54) is 19.2 Å². The third-order valence-corrected chi connectivity index (χ3v) is 4.24. The van der Waals surface area contributed by atoms with Crippen molar-refractivity contribution in [1.82, 2.24) is 5.32 Å². The Kier molecular flexibility index (Phi) is 4.95. The van der Waals surface area contributed by atoms with Gasteiger partial charge in [-0.3, -0.25) is 14.9 Å². The lowest BCUT2D eigenvalue weighted by molar-refractivity contribution is -0.384. The molecular weight excluding hydrogens is 322 g/mol. The molecule has 1 aliphatic heterocycles. The molecule has 1 saturated heterocycles. The van der Waals surface area contributed by atoms with Crippen LogP contribution in [0, 0.1) is 10.1 Å². The highest BCUT2D eigenvalue weighted by Crippen LogP contribution is 2.30. The molecule has 1 fully saturated rings. The number of nitrogens with one attached hydrogen (secondary N) is 1. The van der Waals surface area contributed by atoms with E-state index in [4.69, 9.17) is 4.74 Å². The van der Waals surface area contributed by atoms with E-state index in [0.29, 0.717) is 30.9 Å². The third kappa shape index (κ3) is 3.61. The summed E-state index contributed by atoms with van der Waals surface area (Å²) in [5, 5.41) is 13.6. The van der Waals surface area contributed by atoms with E-state index in [2.05, 4.69) is 5.32 Å². The third-order valence-electron chi connectivity index (χ3n) is 4.24. The highest BCUT2D eigenvalue weighted by Gasteiger charge is 2.26. The summed E-state index contributed by atoms with van der Waals surface area (Å²) in [6, 6.07) is 14.3. The molecule has 1 heterocycles. The van der Waals surface area contributed by atoms with Crippen molar-refractivity contribution in [2.24, 2.45) is 0 Å². The number of hydrogen-bond donors (Lipinski definition) is 1. The number of nitro groups is 1. The number of rotatable bonds is 4. The van der Waals surface area contributed by atoms with E-state index in [9.17, 15) is 14.9 Å². The molecule has 1 atom stereocenters. The van der Waals surface area contributed by atoms with Crippen molar-refractivity contribution in [2.45, 2.75) is 6.10 Å². The lowest BCUT2D eigenvalue weighted by Crippen LogP contribution is -2.39. The summed E-state index contributed by atoms with van der Waals surface area (Å²) in [4.78, 5) is 24.8. The summed E-state index contributed by atoms with van der Waals surface area (Å²) in [6.45, 7) is 1.71. The second-order valence-electron chi connectivity index (χ2n) is 5.75. The Morgan fingerprint density at radius 1 is 1.28 bits per heavy atom. The first-order valence-corrected chi connectivity index (χ1v) is 8.02. The summed E-state index contributed by atoms with van der Waals surface area (Å²) in [5.41, 5.74) is 1.94. The monoisotopic (exact) mass is 341 g/mol. The molecule has 0 aromatic heterocycles. The van der Waals surface area contributed by atoms with Crippen molar-refractivity contribution in [2.75, 3.05) is 31.6 Å². The Labute approximate surface area is 145 Å². The van der Waals surface area contributed by atoms with Gasteiger partial charge < -0.3 is 15.0 Å². The van der Waals surface area contributed by atoms with E-state index in [1.807, 2.05) is 35.2 Å². The molecule has 1 amide bonds. The number of non-ortho nitro benzene ring substituents is 1. The molecule has 0 saturated carbocycles. The molecule has 7 nitrogen and oxygen atoms in total. The van der Waals surface area contributed by atoms with Crippen LogP contribution in [0.25, 0.3) is 0 Å². The van der Waals surface area contributed by atoms with E-state index in [-0.39, 0.29) is 17.7 Å². The number of amides is 1. The average molecular weight is 341 g/mol. The van der Waals surface area contributed by atoms with E-state index in [0.717, 1.165) is 5.56 Å². The Balaban J connectivity index is 1.92. The zero-order valence-electron chi connectivity index (χ0n) is 13.8. The van der Waals surface area contributed by atoms with Gasteiger partial charge in [0.2, 0.25) is 0 Å². The Morgan fingerprint density at radius 2 is 2.04 bits per heavy atom. The van der Waals surface area contributed by atoms with E-state index < -0.39 is 4.92 Å². The van der Waals surface area contributed by atoms with Crippen LogP contribution in [0.5, 0.6) is 0 Å². The zero-order valence-corrected chi connectivity index (χ0v) is 13.8. The predicted molar refractivity (Wildman–Crippen MR) is 93.8 cm³/mol. The van der Waals surface area contributed by atoms with E-state index in [1.54, 1.807) is 6.07 Å². The van der Waals surface area contributed by atoms with Crippen molar-refractivity contribution in [1.29, 1.82) is 0 Å². The van der Waals surface area contributed by atoms with Gasteiger partial charge in [-0.2, -0.15) is 0 Å². The molecule has 3 rings (SSSR count). The van der Waals surface area contributed by atoms with Crippen LogP contribution in [0.1, 0.15) is 22.0 Å². The van der Waals surface area contributed by atoms with Gasteiger partial charge in [0.1, 0.15) is 6.10 Å². The molecule has 1 aliphatic rings. The number of benzene rings is 2. The fourth-order valence-corrected chi connectivity index (χ4v) is 2.97. The first-order valence-electron chi connectivity index (χ1n) is 8.02. The minimum Gasteiger partial charge on any atom is -0.370 e. The molecule has 7 heteroatoms. The van der Waals surface area contributed by atoms with Crippen LogP contribution in [0.4, 0.5) is 11.4 Å². The summed E-state index contributed by atoms with van der Waals surface area (Å²) in [5.74, 6) is -0.346. The van der Waals surface area contributed by atoms with Gasteiger partial charge in [-0.1, -0.05) is 30.3 Å². The number of hydrogen-bond acceptors (Lipinski definition) is 5. The smallest absolute Gasteiger partial charge is 0.270 e. The molecule has 2 aromatic carbocycles. The Hall–Kier alpha value is -2.93. The average Bonchev–Trinajstić information content (AvgIpc) is 2.67. The molecule has 25 heavy (non-hydrogen) atoms. The van der Waals surface area contributed by atoms with Crippen LogP contribution < -0.4 is 10.2 Å². The van der Waals surface area contributed by atoms with Gasteiger partial charge in [0.15, 0.2) is 0 Å². The quantitative estimate of drug-likeness (QED) is 0.682. The fraction of sp³-hybridized carbons (Fsp3) is 0.278. The topological polar surface area (TPSA) is 84.7 Å². The van der Waals surface area contributed by atoms with Crippen molar-refractivity contribution in [3.8, 4) is 0 Å². The van der Waals surface area contributed by atoms with Gasteiger partial charge in [0.25, 0.3) is 11.6 Å². The molecular formula is C18H19N3O4. The molecule has 0 radical (unpaired) electrons. The summed E-state index contributed by atoms with van der Waals surface area (Å²) < 4.78 is 5.85. The second-order valence-corrected chi connectivity index (χ2v) is 5.75. The first kappa shape index (κ1) is 16.9. The van der Waals surface area contributed by atoms with Crippen LogP contribution >= 0.6 is 0 Å². The molecule has 0 aliphatic carbocycles. The van der Waals surface area contributed by atoms with Crippen molar-refractivity contribution in [3.05, 3.63) is 69.8 Å². The van der Waals surface area contributed by atoms with Crippen LogP contribution in [0.3, 0.4) is 0 Å². The zero-order chi connectivity index (χ0) is 17.8. The highest BCUT2D eigenvalue weighted by atomic mass is 16.6. The Bertz CT molecular complexity index is 779. The van der Waals surface area contributed by atoms with Gasteiger partial charge in [-0.25, -0.2) is 0 Å². The van der Waals surface area contributed by atoms with Crippen LogP contribution in [0.2, 0.25) is 0 Å². The largest absolute Gasteiger partial charge is 0.370 e. The normalized spacial score (nSPS) is 17.2. The van der Waals surface area contributed by atoms with Gasteiger partial charge in [0.05, 0.1) is 22.8 Å². The maximum absolute atomic E-state index is 12.2. The SMILES string of the molecule is CNC(=O)c1cc([N+](=O)[O-])ccc1N1CCOC(c2ccccc2)C1. The lowest BCUT2D eigenvalue weighted by Gasteiger charge is -2.35. The van der Waals surface area contributed by atoms with Gasteiger partial charge in [-0.05, 0) is 11.6 Å². The molecule has 1 unspecified atom stereocenters. The number of morpholine rings is 1. The van der Waals surface area contributed by atoms with Crippen molar-refractivity contribution < 1.29 is 14.5 Å². The number of anilines is 1. The molecule has 0 spiro atoms.